The molecular formula is C17H22N2O12S2. The Kier molecular flexibility index (Phi) is 8.79. The molecule has 0 saturated carbocycles. The molecule has 2 aliphatic rings. The average Bonchev–Trinajstić information content (AvgIpc) is 3.18. The van der Waals surface area contributed by atoms with Gasteiger partial charge in [-0.25, -0.2) is 22.2 Å². The van der Waals surface area contributed by atoms with Crippen LogP contribution in [0.1, 0.15) is 38.5 Å². The zero-order valence-corrected chi connectivity index (χ0v) is 19.1. The number of rotatable bonds is 9. The first-order chi connectivity index (χ1) is 15.4. The van der Waals surface area contributed by atoms with Gasteiger partial charge in [0.15, 0.2) is 20.9 Å². The molecule has 2 heterocycles. The minimum Gasteiger partial charge on any atom is -0.449 e. The van der Waals surface area contributed by atoms with Crippen molar-refractivity contribution in [3.05, 3.63) is 0 Å². The number of amides is 6. The van der Waals surface area contributed by atoms with Crippen molar-refractivity contribution >= 4 is 56.7 Å². The highest BCUT2D eigenvalue weighted by Crippen LogP contribution is 2.21. The van der Waals surface area contributed by atoms with Gasteiger partial charge in [-0.2, -0.15) is 9.80 Å². The van der Waals surface area contributed by atoms with Crippen LogP contribution in [-0.4, -0.2) is 92.8 Å². The molecule has 2 saturated heterocycles. The van der Waals surface area contributed by atoms with Crippen LogP contribution in [0.2, 0.25) is 0 Å². The summed E-state index contributed by atoms with van der Waals surface area (Å²) in [5.74, 6) is -4.10. The average molecular weight is 510 g/mol. The lowest BCUT2D eigenvalue weighted by Crippen LogP contribution is -2.39. The molecule has 0 aromatic rings. The largest absolute Gasteiger partial charge is 0.449 e. The molecule has 3 atom stereocenters. The highest BCUT2D eigenvalue weighted by atomic mass is 32.2. The van der Waals surface area contributed by atoms with Crippen LogP contribution < -0.4 is 0 Å². The normalized spacial score (nSPS) is 22.1. The quantitative estimate of drug-likeness (QED) is 0.234. The number of carbonyl (C=O) groups excluding carboxylic acids is 6. The Bertz CT molecular complexity index is 992. The Labute approximate surface area is 190 Å². The van der Waals surface area contributed by atoms with Gasteiger partial charge < -0.3 is 14.0 Å². The molecular weight excluding hydrogens is 488 g/mol. The van der Waals surface area contributed by atoms with Crippen LogP contribution in [0, 0.1) is 0 Å². The number of sulfone groups is 1. The molecule has 6 amide bonds. The summed E-state index contributed by atoms with van der Waals surface area (Å²) < 4.78 is 52.6. The van der Waals surface area contributed by atoms with E-state index >= 15 is 0 Å². The zero-order valence-electron chi connectivity index (χ0n) is 17.5. The van der Waals surface area contributed by atoms with Gasteiger partial charge in [0.1, 0.15) is 10.5 Å². The second-order valence-electron chi connectivity index (χ2n) is 7.27. The number of nitrogens with zero attached hydrogens (tertiary/aromatic N) is 2. The van der Waals surface area contributed by atoms with Gasteiger partial charge in [0, 0.05) is 6.26 Å². The van der Waals surface area contributed by atoms with Crippen LogP contribution in [0.15, 0.2) is 0 Å². The summed E-state index contributed by atoms with van der Waals surface area (Å²) in [5.41, 5.74) is 0. The molecule has 2 rings (SSSR count). The van der Waals surface area contributed by atoms with E-state index in [0.29, 0.717) is 25.7 Å². The van der Waals surface area contributed by atoms with Gasteiger partial charge in [0.2, 0.25) is 11.8 Å². The van der Waals surface area contributed by atoms with Crippen LogP contribution in [0.3, 0.4) is 0 Å². The highest BCUT2D eigenvalue weighted by Gasteiger charge is 2.48. The molecule has 184 valence electrons. The maximum atomic E-state index is 12.0. The lowest BCUT2D eigenvalue weighted by atomic mass is 10.2. The van der Waals surface area contributed by atoms with Crippen LogP contribution in [0.25, 0.3) is 0 Å². The van der Waals surface area contributed by atoms with Gasteiger partial charge >= 0.3 is 12.2 Å². The van der Waals surface area contributed by atoms with Crippen molar-refractivity contribution in [2.75, 3.05) is 19.5 Å². The van der Waals surface area contributed by atoms with Crippen LogP contribution >= 0.6 is 0 Å². The summed E-state index contributed by atoms with van der Waals surface area (Å²) in [7, 11) is -3.83. The molecule has 0 aromatic heterocycles. The molecule has 16 heteroatoms. The Morgan fingerprint density at radius 3 is 1.76 bits per heavy atom. The van der Waals surface area contributed by atoms with Crippen LogP contribution in [0.5, 0.6) is 0 Å². The molecule has 0 spiro atoms. The Hall–Kier alpha value is -2.72. The van der Waals surface area contributed by atoms with Crippen molar-refractivity contribution in [2.45, 2.75) is 49.0 Å². The lowest BCUT2D eigenvalue weighted by molar-refractivity contribution is -0.137. The number of hydrogen-bond acceptors (Lipinski definition) is 11. The maximum absolute atomic E-state index is 12.0. The van der Waals surface area contributed by atoms with Crippen molar-refractivity contribution in [3.8, 4) is 0 Å². The van der Waals surface area contributed by atoms with Crippen molar-refractivity contribution < 1.29 is 55.4 Å². The van der Waals surface area contributed by atoms with E-state index in [1.54, 1.807) is 0 Å². The fourth-order valence-corrected chi connectivity index (χ4v) is 4.57. The van der Waals surface area contributed by atoms with E-state index in [2.05, 4.69) is 0 Å². The van der Waals surface area contributed by atoms with Crippen molar-refractivity contribution in [1.82, 2.24) is 9.80 Å². The SMILES string of the molecule is CS(=O)(=O)C1CC(=O)N(C(=O)OCCCCCCOC(=O)N2C(=O)CC(S(=O)O)C2=O)C1=O. The van der Waals surface area contributed by atoms with Gasteiger partial charge in [-0.05, 0) is 25.7 Å². The minimum atomic E-state index is -3.83. The summed E-state index contributed by atoms with van der Waals surface area (Å²) >= 11 is -2.58. The number of hydrogen-bond donors (Lipinski definition) is 1. The van der Waals surface area contributed by atoms with Crippen molar-refractivity contribution in [3.63, 3.8) is 0 Å². The third-order valence-corrected chi connectivity index (χ3v) is 7.08. The topological polar surface area (TPSA) is 199 Å². The van der Waals surface area contributed by atoms with Gasteiger partial charge in [-0.15, -0.1) is 0 Å². The number of likely N-dealkylation sites (tertiary alicyclic amines) is 2. The van der Waals surface area contributed by atoms with E-state index < -0.39 is 80.1 Å². The number of imide groups is 6. The number of unbranched alkanes of at least 4 members (excludes halogenated alkanes) is 3. The second kappa shape index (κ2) is 10.9. The van der Waals surface area contributed by atoms with E-state index in [1.165, 1.54) is 0 Å². The molecule has 0 aliphatic carbocycles. The summed E-state index contributed by atoms with van der Waals surface area (Å²) in [4.78, 5) is 71.3. The summed E-state index contributed by atoms with van der Waals surface area (Å²) in [6.07, 6.45) is -1.18. The zero-order chi connectivity index (χ0) is 24.9. The molecule has 14 nitrogen and oxygen atoms in total. The van der Waals surface area contributed by atoms with E-state index in [-0.39, 0.29) is 23.0 Å². The maximum Gasteiger partial charge on any atom is 0.423 e. The Morgan fingerprint density at radius 2 is 1.36 bits per heavy atom. The lowest BCUT2D eigenvalue weighted by Gasteiger charge is -2.13. The van der Waals surface area contributed by atoms with Gasteiger partial charge in [0.05, 0.1) is 26.1 Å². The van der Waals surface area contributed by atoms with E-state index in [9.17, 15) is 41.4 Å². The third-order valence-electron chi connectivity index (χ3n) is 4.83. The van der Waals surface area contributed by atoms with E-state index in [0.717, 1.165) is 6.26 Å². The van der Waals surface area contributed by atoms with Crippen molar-refractivity contribution in [1.29, 1.82) is 0 Å². The number of carbonyl (C=O) groups is 6. The third kappa shape index (κ3) is 6.42. The summed E-state index contributed by atoms with van der Waals surface area (Å²) in [6.45, 7) is -0.276. The molecule has 3 unspecified atom stereocenters. The first-order valence-electron chi connectivity index (χ1n) is 9.72. The van der Waals surface area contributed by atoms with E-state index in [4.69, 9.17) is 14.0 Å². The van der Waals surface area contributed by atoms with Gasteiger partial charge in [-0.3, -0.25) is 19.2 Å². The van der Waals surface area contributed by atoms with Crippen molar-refractivity contribution in [2.24, 2.45) is 0 Å². The number of ether oxygens (including phenoxy) is 2. The molecule has 1 N–H and O–H groups in total. The Balaban J connectivity index is 1.62. The summed E-state index contributed by atoms with van der Waals surface area (Å²) in [6, 6.07) is 0. The molecule has 2 aliphatic heterocycles. The minimum absolute atomic E-state index is 0.133. The summed E-state index contributed by atoms with van der Waals surface area (Å²) in [5, 5.41) is -3.08. The highest BCUT2D eigenvalue weighted by molar-refractivity contribution is 7.92. The standard InChI is InChI=1S/C17H22N2O12S2/c1-33(28,29)11-9-13(21)19(15(11)23)17(25)31-7-5-3-2-4-6-30-16(24)18-12(20)8-10(14(18)22)32(26)27/h10-11H,2-9H2,1H3,(H,26,27). The fourth-order valence-electron chi connectivity index (χ4n) is 3.09. The molecule has 2 fully saturated rings. The molecule has 0 bridgehead atoms. The van der Waals surface area contributed by atoms with E-state index in [1.807, 2.05) is 0 Å². The molecule has 0 aromatic carbocycles. The fraction of sp³-hybridized carbons (Fsp3) is 0.647. The monoisotopic (exact) mass is 510 g/mol. The predicted molar refractivity (Wildman–Crippen MR) is 107 cm³/mol. The second-order valence-corrected chi connectivity index (χ2v) is 10.6. The predicted octanol–water partition coefficient (Wildman–Crippen LogP) is -0.659. The first kappa shape index (κ1) is 26.5. The smallest absolute Gasteiger partial charge is 0.423 e. The van der Waals surface area contributed by atoms with Crippen LogP contribution in [-0.2, 0) is 49.6 Å². The van der Waals surface area contributed by atoms with Gasteiger partial charge in [-0.1, -0.05) is 0 Å². The molecule has 33 heavy (non-hydrogen) atoms. The first-order valence-corrected chi connectivity index (χ1v) is 12.8. The Morgan fingerprint density at radius 1 is 0.909 bits per heavy atom. The molecule has 0 radical (unpaired) electrons. The van der Waals surface area contributed by atoms with Gasteiger partial charge in [0.25, 0.3) is 11.8 Å². The van der Waals surface area contributed by atoms with Crippen LogP contribution in [0.4, 0.5) is 9.59 Å².